The van der Waals surface area contributed by atoms with E-state index < -0.39 is 0 Å². The fraction of sp³-hybridized carbons (Fsp3) is 0.444. The molecule has 0 aliphatic heterocycles. The molecule has 66 valence electrons. The maximum atomic E-state index is 5.48. The summed E-state index contributed by atoms with van der Waals surface area (Å²) in [5, 5.41) is 3.20. The van der Waals surface area contributed by atoms with Crippen LogP contribution >= 0.6 is 0 Å². The van der Waals surface area contributed by atoms with Gasteiger partial charge >= 0.3 is 0 Å². The lowest BCUT2D eigenvalue weighted by Gasteiger charge is -2.09. The normalized spacial score (nSPS) is 12.5. The second kappa shape index (κ2) is 4.72. The maximum absolute atomic E-state index is 5.48. The van der Waals surface area contributed by atoms with Crippen molar-refractivity contribution in [1.82, 2.24) is 4.98 Å². The van der Waals surface area contributed by atoms with Crippen molar-refractivity contribution in [3.8, 4) is 0 Å². The summed E-state index contributed by atoms with van der Waals surface area (Å²) in [5.41, 5.74) is 5.48. The van der Waals surface area contributed by atoms with Crippen LogP contribution in [-0.4, -0.2) is 18.1 Å². The van der Waals surface area contributed by atoms with Gasteiger partial charge in [-0.15, -0.1) is 0 Å². The van der Waals surface area contributed by atoms with Crippen molar-refractivity contribution in [1.29, 1.82) is 0 Å². The Morgan fingerprint density at radius 3 is 3.00 bits per heavy atom. The van der Waals surface area contributed by atoms with Gasteiger partial charge in [-0.1, -0.05) is 13.0 Å². The topological polar surface area (TPSA) is 50.9 Å². The van der Waals surface area contributed by atoms with E-state index in [0.717, 1.165) is 12.4 Å². The SMILES string of the molecule is CC(CN)CNc1ccccn1. The summed E-state index contributed by atoms with van der Waals surface area (Å²) in [4.78, 5) is 4.13. The molecule has 0 radical (unpaired) electrons. The van der Waals surface area contributed by atoms with Crippen LogP contribution in [0.15, 0.2) is 24.4 Å². The predicted octanol–water partition coefficient (Wildman–Crippen LogP) is 1.09. The fourth-order valence-electron chi connectivity index (χ4n) is 0.829. The molecule has 0 aliphatic carbocycles. The van der Waals surface area contributed by atoms with E-state index in [0.29, 0.717) is 12.5 Å². The molecule has 0 aliphatic rings. The quantitative estimate of drug-likeness (QED) is 0.702. The highest BCUT2D eigenvalue weighted by molar-refractivity contribution is 5.32. The van der Waals surface area contributed by atoms with Gasteiger partial charge in [0.15, 0.2) is 0 Å². The Morgan fingerprint density at radius 1 is 1.58 bits per heavy atom. The highest BCUT2D eigenvalue weighted by Gasteiger charge is 1.97. The molecule has 1 unspecified atom stereocenters. The number of anilines is 1. The summed E-state index contributed by atoms with van der Waals surface area (Å²) in [6.45, 7) is 3.70. The molecule has 0 bridgehead atoms. The molecular formula is C9H15N3. The van der Waals surface area contributed by atoms with Gasteiger partial charge in [-0.05, 0) is 24.6 Å². The van der Waals surface area contributed by atoms with E-state index in [-0.39, 0.29) is 0 Å². The lowest BCUT2D eigenvalue weighted by Crippen LogP contribution is -2.20. The molecule has 1 atom stereocenters. The summed E-state index contributed by atoms with van der Waals surface area (Å²) in [5.74, 6) is 1.41. The number of rotatable bonds is 4. The first-order valence-corrected chi connectivity index (χ1v) is 4.18. The van der Waals surface area contributed by atoms with Crippen LogP contribution in [0.5, 0.6) is 0 Å². The number of aromatic nitrogens is 1. The van der Waals surface area contributed by atoms with Crippen molar-refractivity contribution < 1.29 is 0 Å². The molecule has 0 amide bonds. The molecule has 3 N–H and O–H groups in total. The predicted molar refractivity (Wildman–Crippen MR) is 50.9 cm³/mol. The second-order valence-electron chi connectivity index (χ2n) is 2.94. The van der Waals surface area contributed by atoms with Gasteiger partial charge in [0.25, 0.3) is 0 Å². The standard InChI is InChI=1S/C9H15N3/c1-8(6-10)7-12-9-4-2-3-5-11-9/h2-5,8H,6-7,10H2,1H3,(H,11,12). The molecule has 0 fully saturated rings. The Kier molecular flexibility index (Phi) is 3.54. The zero-order valence-corrected chi connectivity index (χ0v) is 7.33. The van der Waals surface area contributed by atoms with E-state index in [4.69, 9.17) is 5.73 Å². The van der Waals surface area contributed by atoms with Gasteiger partial charge in [0.2, 0.25) is 0 Å². The van der Waals surface area contributed by atoms with Crippen molar-refractivity contribution in [2.24, 2.45) is 11.7 Å². The third-order valence-corrected chi connectivity index (χ3v) is 1.70. The van der Waals surface area contributed by atoms with Crippen LogP contribution in [0.4, 0.5) is 5.82 Å². The van der Waals surface area contributed by atoms with Gasteiger partial charge in [-0.25, -0.2) is 4.98 Å². The van der Waals surface area contributed by atoms with E-state index in [2.05, 4.69) is 17.2 Å². The van der Waals surface area contributed by atoms with Crippen LogP contribution in [0, 0.1) is 5.92 Å². The highest BCUT2D eigenvalue weighted by Crippen LogP contribution is 2.00. The summed E-state index contributed by atoms with van der Waals surface area (Å²) >= 11 is 0. The summed E-state index contributed by atoms with van der Waals surface area (Å²) < 4.78 is 0. The maximum Gasteiger partial charge on any atom is 0.125 e. The number of nitrogens with two attached hydrogens (primary N) is 1. The molecule has 0 spiro atoms. The molecular weight excluding hydrogens is 150 g/mol. The van der Waals surface area contributed by atoms with Crippen LogP contribution in [0.2, 0.25) is 0 Å². The summed E-state index contributed by atoms with van der Waals surface area (Å²) in [6, 6.07) is 5.81. The number of pyridine rings is 1. The van der Waals surface area contributed by atoms with E-state index in [1.54, 1.807) is 6.20 Å². The first-order valence-electron chi connectivity index (χ1n) is 4.18. The van der Waals surface area contributed by atoms with E-state index >= 15 is 0 Å². The zero-order chi connectivity index (χ0) is 8.81. The molecule has 1 rings (SSSR count). The highest BCUT2D eigenvalue weighted by atomic mass is 15.0. The average Bonchev–Trinajstić information content (AvgIpc) is 2.16. The number of nitrogens with zero attached hydrogens (tertiary/aromatic N) is 1. The third-order valence-electron chi connectivity index (χ3n) is 1.70. The van der Waals surface area contributed by atoms with Crippen LogP contribution in [-0.2, 0) is 0 Å². The van der Waals surface area contributed by atoms with Gasteiger partial charge in [0, 0.05) is 12.7 Å². The molecule has 1 heterocycles. The number of nitrogens with one attached hydrogen (secondary N) is 1. The number of hydrogen-bond donors (Lipinski definition) is 2. The van der Waals surface area contributed by atoms with E-state index in [1.165, 1.54) is 0 Å². The molecule has 3 heteroatoms. The van der Waals surface area contributed by atoms with Gasteiger partial charge in [-0.2, -0.15) is 0 Å². The summed E-state index contributed by atoms with van der Waals surface area (Å²) in [7, 11) is 0. The van der Waals surface area contributed by atoms with Crippen LogP contribution < -0.4 is 11.1 Å². The molecule has 1 aromatic rings. The van der Waals surface area contributed by atoms with Crippen molar-refractivity contribution >= 4 is 5.82 Å². The smallest absolute Gasteiger partial charge is 0.125 e. The first kappa shape index (κ1) is 9.00. The largest absolute Gasteiger partial charge is 0.370 e. The zero-order valence-electron chi connectivity index (χ0n) is 7.33. The van der Waals surface area contributed by atoms with Gasteiger partial charge in [-0.3, -0.25) is 0 Å². The molecule has 0 aromatic carbocycles. The number of hydrogen-bond acceptors (Lipinski definition) is 3. The fourth-order valence-corrected chi connectivity index (χ4v) is 0.829. The molecule has 12 heavy (non-hydrogen) atoms. The Bertz CT molecular complexity index is 210. The van der Waals surface area contributed by atoms with Crippen molar-refractivity contribution in [2.75, 3.05) is 18.4 Å². The third kappa shape index (κ3) is 2.88. The molecule has 1 aromatic heterocycles. The van der Waals surface area contributed by atoms with Gasteiger partial charge < -0.3 is 11.1 Å². The minimum Gasteiger partial charge on any atom is -0.370 e. The van der Waals surface area contributed by atoms with Gasteiger partial charge in [0.1, 0.15) is 5.82 Å². The Hall–Kier alpha value is -1.09. The van der Waals surface area contributed by atoms with Crippen LogP contribution in [0.25, 0.3) is 0 Å². The second-order valence-corrected chi connectivity index (χ2v) is 2.94. The Balaban J connectivity index is 2.33. The van der Waals surface area contributed by atoms with Crippen molar-refractivity contribution in [3.05, 3.63) is 24.4 Å². The van der Waals surface area contributed by atoms with Crippen LogP contribution in [0.1, 0.15) is 6.92 Å². The van der Waals surface area contributed by atoms with Crippen LogP contribution in [0.3, 0.4) is 0 Å². The summed E-state index contributed by atoms with van der Waals surface area (Å²) in [6.07, 6.45) is 1.77. The minimum absolute atomic E-state index is 0.493. The first-order chi connectivity index (χ1) is 5.83. The molecule has 0 saturated heterocycles. The van der Waals surface area contributed by atoms with Crippen molar-refractivity contribution in [3.63, 3.8) is 0 Å². The minimum atomic E-state index is 0.493. The lowest BCUT2D eigenvalue weighted by molar-refractivity contribution is 0.627. The Morgan fingerprint density at radius 2 is 2.42 bits per heavy atom. The molecule has 0 saturated carbocycles. The average molecular weight is 165 g/mol. The van der Waals surface area contributed by atoms with Crippen molar-refractivity contribution in [2.45, 2.75) is 6.92 Å². The van der Waals surface area contributed by atoms with E-state index in [9.17, 15) is 0 Å². The Labute approximate surface area is 73.0 Å². The van der Waals surface area contributed by atoms with Gasteiger partial charge in [0.05, 0.1) is 0 Å². The monoisotopic (exact) mass is 165 g/mol. The molecule has 3 nitrogen and oxygen atoms in total. The lowest BCUT2D eigenvalue weighted by atomic mass is 10.2. The van der Waals surface area contributed by atoms with E-state index in [1.807, 2.05) is 18.2 Å².